The van der Waals surface area contributed by atoms with Crippen molar-refractivity contribution in [2.45, 2.75) is 45.3 Å². The number of hydrogen-bond donors (Lipinski definition) is 1. The lowest BCUT2D eigenvalue weighted by Crippen LogP contribution is -2.60. The summed E-state index contributed by atoms with van der Waals surface area (Å²) in [5.74, 6) is 0. The lowest BCUT2D eigenvalue weighted by molar-refractivity contribution is -0.00141. The van der Waals surface area contributed by atoms with E-state index in [-0.39, 0.29) is 0 Å². The van der Waals surface area contributed by atoms with Crippen molar-refractivity contribution in [1.29, 1.82) is 0 Å². The van der Waals surface area contributed by atoms with Crippen LogP contribution in [0.4, 0.5) is 0 Å². The maximum absolute atomic E-state index is 3.23. The molecule has 0 aromatic heterocycles. The van der Waals surface area contributed by atoms with Gasteiger partial charge in [-0.15, -0.1) is 0 Å². The smallest absolute Gasteiger partial charge is 0.0240 e. The van der Waals surface area contributed by atoms with Crippen LogP contribution >= 0.6 is 0 Å². The molecule has 1 aliphatic rings. The molecule has 2 nitrogen and oxygen atoms in total. The Morgan fingerprint density at radius 2 is 2.18 bits per heavy atom. The Bertz CT molecular complexity index is 116. The average Bonchev–Trinajstić information content (AvgIpc) is 1.85. The Morgan fingerprint density at radius 3 is 2.55 bits per heavy atom. The highest BCUT2D eigenvalue weighted by molar-refractivity contribution is 4.92. The first-order chi connectivity index (χ1) is 5.16. The van der Waals surface area contributed by atoms with E-state index in [1.54, 1.807) is 0 Å². The molecule has 2 atom stereocenters. The maximum atomic E-state index is 3.23. The number of likely N-dealkylation sites (tertiary alicyclic amines) is 1. The fraction of sp³-hybridized carbons (Fsp3) is 1.00. The standard InChI is InChI=1S/C9H20N2/c1-7(2)11-8(3)5-9(11)6-10-4/h7-10H,5-6H2,1-4H3. The molecule has 1 rings (SSSR count). The number of nitrogens with zero attached hydrogens (tertiary/aromatic N) is 1. The predicted octanol–water partition coefficient (Wildman–Crippen LogP) is 1.08. The van der Waals surface area contributed by atoms with Gasteiger partial charge < -0.3 is 5.32 Å². The number of nitrogens with one attached hydrogen (secondary N) is 1. The Hall–Kier alpha value is -0.0800. The first-order valence-electron chi connectivity index (χ1n) is 4.58. The van der Waals surface area contributed by atoms with Crippen molar-refractivity contribution < 1.29 is 0 Å². The Labute approximate surface area is 70.0 Å². The van der Waals surface area contributed by atoms with Crippen molar-refractivity contribution >= 4 is 0 Å². The van der Waals surface area contributed by atoms with Crippen LogP contribution in [0.25, 0.3) is 0 Å². The third kappa shape index (κ3) is 1.74. The van der Waals surface area contributed by atoms with Crippen LogP contribution in [0, 0.1) is 0 Å². The molecule has 0 bridgehead atoms. The summed E-state index contributed by atoms with van der Waals surface area (Å²) in [6.45, 7) is 8.01. The van der Waals surface area contributed by atoms with Gasteiger partial charge in [-0.2, -0.15) is 0 Å². The lowest BCUT2D eigenvalue weighted by Gasteiger charge is -2.50. The van der Waals surface area contributed by atoms with Crippen LogP contribution in [-0.2, 0) is 0 Å². The highest BCUT2D eigenvalue weighted by Crippen LogP contribution is 2.26. The molecular weight excluding hydrogens is 136 g/mol. The Morgan fingerprint density at radius 1 is 1.55 bits per heavy atom. The third-order valence-corrected chi connectivity index (χ3v) is 2.58. The molecule has 2 unspecified atom stereocenters. The number of likely N-dealkylation sites (N-methyl/N-ethyl adjacent to an activating group) is 1. The molecule has 0 radical (unpaired) electrons. The summed E-state index contributed by atoms with van der Waals surface area (Å²) in [5, 5.41) is 3.23. The minimum absolute atomic E-state index is 0.706. The fourth-order valence-electron chi connectivity index (χ4n) is 2.21. The molecule has 1 saturated heterocycles. The Balaban J connectivity index is 2.35. The molecule has 1 N–H and O–H groups in total. The summed E-state index contributed by atoms with van der Waals surface area (Å²) in [4.78, 5) is 2.58. The van der Waals surface area contributed by atoms with E-state index in [1.807, 2.05) is 7.05 Å². The van der Waals surface area contributed by atoms with Crippen molar-refractivity contribution in [1.82, 2.24) is 10.2 Å². The van der Waals surface area contributed by atoms with Gasteiger partial charge in [-0.05, 0) is 34.2 Å². The largest absolute Gasteiger partial charge is 0.318 e. The van der Waals surface area contributed by atoms with Crippen LogP contribution in [0.3, 0.4) is 0 Å². The van der Waals surface area contributed by atoms with E-state index in [0.717, 1.165) is 18.6 Å². The summed E-state index contributed by atoms with van der Waals surface area (Å²) in [5.41, 5.74) is 0. The minimum atomic E-state index is 0.706. The summed E-state index contributed by atoms with van der Waals surface area (Å²) < 4.78 is 0. The van der Waals surface area contributed by atoms with Crippen molar-refractivity contribution in [2.24, 2.45) is 0 Å². The molecule has 2 heteroatoms. The first kappa shape index (κ1) is 9.01. The molecule has 0 amide bonds. The summed E-state index contributed by atoms with van der Waals surface area (Å²) >= 11 is 0. The van der Waals surface area contributed by atoms with Gasteiger partial charge in [-0.1, -0.05) is 0 Å². The summed E-state index contributed by atoms with van der Waals surface area (Å²) in [7, 11) is 2.03. The molecule has 0 aromatic carbocycles. The van der Waals surface area contributed by atoms with Crippen molar-refractivity contribution in [3.8, 4) is 0 Å². The van der Waals surface area contributed by atoms with Crippen molar-refractivity contribution in [3.05, 3.63) is 0 Å². The van der Waals surface area contributed by atoms with Gasteiger partial charge in [0.15, 0.2) is 0 Å². The molecule has 1 heterocycles. The van der Waals surface area contributed by atoms with Gasteiger partial charge >= 0.3 is 0 Å². The van der Waals surface area contributed by atoms with Crippen LogP contribution in [-0.4, -0.2) is 36.6 Å². The SMILES string of the molecule is CNCC1CC(C)N1C(C)C. The normalized spacial score (nSPS) is 32.5. The van der Waals surface area contributed by atoms with Gasteiger partial charge in [0.1, 0.15) is 0 Å². The maximum Gasteiger partial charge on any atom is 0.0240 e. The lowest BCUT2D eigenvalue weighted by atomic mass is 9.92. The summed E-state index contributed by atoms with van der Waals surface area (Å²) in [6, 6.07) is 2.29. The molecule has 1 aliphatic heterocycles. The highest BCUT2D eigenvalue weighted by atomic mass is 15.3. The van der Waals surface area contributed by atoms with Gasteiger partial charge in [0.2, 0.25) is 0 Å². The topological polar surface area (TPSA) is 15.3 Å². The van der Waals surface area contributed by atoms with Gasteiger partial charge in [-0.3, -0.25) is 4.90 Å². The average molecular weight is 156 g/mol. The van der Waals surface area contributed by atoms with Crippen LogP contribution in [0.15, 0.2) is 0 Å². The van der Waals surface area contributed by atoms with E-state index in [9.17, 15) is 0 Å². The fourth-order valence-corrected chi connectivity index (χ4v) is 2.21. The van der Waals surface area contributed by atoms with E-state index in [0.29, 0.717) is 6.04 Å². The second-order valence-electron chi connectivity index (χ2n) is 3.84. The molecule has 0 aliphatic carbocycles. The Kier molecular flexibility index (Phi) is 2.90. The first-order valence-corrected chi connectivity index (χ1v) is 4.58. The third-order valence-electron chi connectivity index (χ3n) is 2.58. The minimum Gasteiger partial charge on any atom is -0.318 e. The van der Waals surface area contributed by atoms with E-state index >= 15 is 0 Å². The van der Waals surface area contributed by atoms with Crippen molar-refractivity contribution in [3.63, 3.8) is 0 Å². The van der Waals surface area contributed by atoms with Crippen LogP contribution < -0.4 is 5.32 Å². The van der Waals surface area contributed by atoms with Crippen LogP contribution in [0.1, 0.15) is 27.2 Å². The zero-order valence-corrected chi connectivity index (χ0v) is 8.09. The van der Waals surface area contributed by atoms with Gasteiger partial charge in [0, 0.05) is 24.7 Å². The quantitative estimate of drug-likeness (QED) is 0.657. The summed E-state index contributed by atoms with van der Waals surface area (Å²) in [6.07, 6.45) is 1.36. The molecular formula is C9H20N2. The number of rotatable bonds is 3. The van der Waals surface area contributed by atoms with E-state index in [2.05, 4.69) is 31.0 Å². The molecule has 66 valence electrons. The van der Waals surface area contributed by atoms with E-state index < -0.39 is 0 Å². The molecule has 1 fully saturated rings. The second-order valence-corrected chi connectivity index (χ2v) is 3.84. The second kappa shape index (κ2) is 3.55. The monoisotopic (exact) mass is 156 g/mol. The highest BCUT2D eigenvalue weighted by Gasteiger charge is 2.35. The molecule has 0 spiro atoms. The molecule has 11 heavy (non-hydrogen) atoms. The number of hydrogen-bond acceptors (Lipinski definition) is 2. The van der Waals surface area contributed by atoms with Gasteiger partial charge in [0.25, 0.3) is 0 Å². The zero-order valence-electron chi connectivity index (χ0n) is 8.09. The predicted molar refractivity (Wildman–Crippen MR) is 48.8 cm³/mol. The van der Waals surface area contributed by atoms with Crippen LogP contribution in [0.5, 0.6) is 0 Å². The van der Waals surface area contributed by atoms with Gasteiger partial charge in [0.05, 0.1) is 0 Å². The molecule has 0 saturated carbocycles. The van der Waals surface area contributed by atoms with E-state index in [1.165, 1.54) is 6.42 Å². The van der Waals surface area contributed by atoms with Crippen LogP contribution in [0.2, 0.25) is 0 Å². The zero-order chi connectivity index (χ0) is 8.43. The van der Waals surface area contributed by atoms with E-state index in [4.69, 9.17) is 0 Å². The van der Waals surface area contributed by atoms with Crippen molar-refractivity contribution in [2.75, 3.05) is 13.6 Å². The molecule has 0 aromatic rings. The van der Waals surface area contributed by atoms with Gasteiger partial charge in [-0.25, -0.2) is 0 Å².